The molecule has 30 heavy (non-hydrogen) atoms. The third-order valence-corrected chi connectivity index (χ3v) is 5.19. The molecule has 1 aliphatic rings. The maximum absolute atomic E-state index is 13.5. The number of methoxy groups -OCH3 is 1. The minimum Gasteiger partial charge on any atom is -0.497 e. The summed E-state index contributed by atoms with van der Waals surface area (Å²) in [4.78, 5) is 26.0. The van der Waals surface area contributed by atoms with Crippen LogP contribution in [0.15, 0.2) is 48.5 Å². The molecular weight excluding hydrogens is 382 g/mol. The lowest BCUT2D eigenvalue weighted by atomic mass is 9.85. The molecule has 4 rings (SSSR count). The van der Waals surface area contributed by atoms with Gasteiger partial charge in [-0.15, -0.1) is 0 Å². The molecule has 3 aromatic rings. The fourth-order valence-corrected chi connectivity index (χ4v) is 3.82. The Morgan fingerprint density at radius 2 is 1.93 bits per heavy atom. The number of fused-ring (bicyclic) bond motifs is 1. The van der Waals surface area contributed by atoms with Crippen LogP contribution >= 0.6 is 0 Å². The molecular formula is C23H23N3O4. The summed E-state index contributed by atoms with van der Waals surface area (Å²) in [6.07, 6.45) is 0.0709. The number of rotatable bonds is 6. The summed E-state index contributed by atoms with van der Waals surface area (Å²) in [6.45, 7) is 4.18. The molecule has 2 heterocycles. The van der Waals surface area contributed by atoms with Crippen molar-refractivity contribution >= 4 is 17.5 Å². The van der Waals surface area contributed by atoms with Crippen molar-refractivity contribution in [2.24, 2.45) is 0 Å². The molecule has 7 nitrogen and oxygen atoms in total. The normalized spacial score (nSPS) is 15.3. The standard InChI is InChI=1S/C23H23N3O4/c1-4-30-19-8-6-5-7-17(19)22(28)18-13-20(27)24-23-21(18)14(2)25-26(23)15-9-11-16(29-3)12-10-15/h5-12,18H,4,13H2,1-3H3,(H,24,27). The van der Waals surface area contributed by atoms with Gasteiger partial charge in [-0.3, -0.25) is 9.59 Å². The van der Waals surface area contributed by atoms with E-state index in [1.807, 2.05) is 44.2 Å². The molecule has 0 saturated heterocycles. The Kier molecular flexibility index (Phi) is 5.27. The summed E-state index contributed by atoms with van der Waals surface area (Å²) in [6, 6.07) is 14.5. The van der Waals surface area contributed by atoms with Gasteiger partial charge in [-0.25, -0.2) is 4.68 Å². The molecule has 1 amide bonds. The number of aryl methyl sites for hydroxylation is 1. The van der Waals surface area contributed by atoms with E-state index in [2.05, 4.69) is 10.4 Å². The molecule has 1 aromatic heterocycles. The van der Waals surface area contributed by atoms with Crippen molar-refractivity contribution in [3.05, 3.63) is 65.4 Å². The first-order valence-electron chi connectivity index (χ1n) is 9.83. The van der Waals surface area contributed by atoms with Gasteiger partial charge in [-0.05, 0) is 50.2 Å². The Bertz CT molecular complexity index is 1100. The molecule has 1 aliphatic heterocycles. The predicted molar refractivity (Wildman–Crippen MR) is 113 cm³/mol. The van der Waals surface area contributed by atoms with Crippen LogP contribution in [0.2, 0.25) is 0 Å². The van der Waals surface area contributed by atoms with Gasteiger partial charge >= 0.3 is 0 Å². The number of hydrogen-bond acceptors (Lipinski definition) is 5. The van der Waals surface area contributed by atoms with Crippen molar-refractivity contribution in [3.63, 3.8) is 0 Å². The van der Waals surface area contributed by atoms with Crippen LogP contribution in [0.1, 0.15) is 40.9 Å². The summed E-state index contributed by atoms with van der Waals surface area (Å²) < 4.78 is 12.5. The molecule has 0 bridgehead atoms. The van der Waals surface area contributed by atoms with E-state index in [1.54, 1.807) is 30.0 Å². The van der Waals surface area contributed by atoms with E-state index in [4.69, 9.17) is 9.47 Å². The van der Waals surface area contributed by atoms with Crippen molar-refractivity contribution in [3.8, 4) is 17.2 Å². The maximum atomic E-state index is 13.5. The first-order chi connectivity index (χ1) is 14.5. The third-order valence-electron chi connectivity index (χ3n) is 5.19. The van der Waals surface area contributed by atoms with E-state index in [1.165, 1.54) is 0 Å². The second kappa shape index (κ2) is 8.02. The minimum absolute atomic E-state index is 0.0709. The van der Waals surface area contributed by atoms with Gasteiger partial charge in [0.1, 0.15) is 17.3 Å². The lowest BCUT2D eigenvalue weighted by molar-refractivity contribution is -0.116. The lowest BCUT2D eigenvalue weighted by Crippen LogP contribution is -2.28. The number of carbonyl (C=O) groups is 2. The van der Waals surface area contributed by atoms with Crippen molar-refractivity contribution in [1.82, 2.24) is 9.78 Å². The van der Waals surface area contributed by atoms with Crippen molar-refractivity contribution in [1.29, 1.82) is 0 Å². The summed E-state index contributed by atoms with van der Waals surface area (Å²) in [5.41, 5.74) is 2.68. The molecule has 1 atom stereocenters. The highest BCUT2D eigenvalue weighted by molar-refractivity contribution is 6.09. The average molecular weight is 405 g/mol. The minimum atomic E-state index is -0.623. The van der Waals surface area contributed by atoms with Crippen LogP contribution in [0.5, 0.6) is 11.5 Å². The number of amides is 1. The van der Waals surface area contributed by atoms with Crippen LogP contribution in [0.3, 0.4) is 0 Å². The number of anilines is 1. The number of hydrogen-bond donors (Lipinski definition) is 1. The highest BCUT2D eigenvalue weighted by atomic mass is 16.5. The number of nitrogens with zero attached hydrogens (tertiary/aromatic N) is 2. The SMILES string of the molecule is CCOc1ccccc1C(=O)C1CC(=O)Nc2c1c(C)nn2-c1ccc(OC)cc1. The molecule has 7 heteroatoms. The van der Waals surface area contributed by atoms with Crippen molar-refractivity contribution in [2.75, 3.05) is 19.0 Å². The zero-order valence-electron chi connectivity index (χ0n) is 17.1. The van der Waals surface area contributed by atoms with Gasteiger partial charge in [-0.1, -0.05) is 12.1 Å². The smallest absolute Gasteiger partial charge is 0.226 e. The number of ketones is 1. The number of carbonyl (C=O) groups excluding carboxylic acids is 2. The molecule has 0 saturated carbocycles. The largest absolute Gasteiger partial charge is 0.497 e. The van der Waals surface area contributed by atoms with Gasteiger partial charge in [0.15, 0.2) is 5.78 Å². The lowest BCUT2D eigenvalue weighted by Gasteiger charge is -2.24. The fourth-order valence-electron chi connectivity index (χ4n) is 3.82. The van der Waals surface area contributed by atoms with Crippen LogP contribution in [0.4, 0.5) is 5.82 Å². The number of ether oxygens (including phenoxy) is 2. The van der Waals surface area contributed by atoms with Crippen LogP contribution in [0.25, 0.3) is 5.69 Å². The van der Waals surface area contributed by atoms with Gasteiger partial charge in [-0.2, -0.15) is 5.10 Å². The number of aromatic nitrogens is 2. The monoisotopic (exact) mass is 405 g/mol. The van der Waals surface area contributed by atoms with E-state index in [9.17, 15) is 9.59 Å². The number of benzene rings is 2. The second-order valence-electron chi connectivity index (χ2n) is 7.06. The molecule has 1 N–H and O–H groups in total. The average Bonchev–Trinajstić information content (AvgIpc) is 3.09. The van der Waals surface area contributed by atoms with E-state index in [0.29, 0.717) is 29.4 Å². The summed E-state index contributed by atoms with van der Waals surface area (Å²) in [5, 5.41) is 7.51. The second-order valence-corrected chi connectivity index (χ2v) is 7.06. The molecule has 0 fully saturated rings. The first-order valence-corrected chi connectivity index (χ1v) is 9.83. The molecule has 2 aromatic carbocycles. The highest BCUT2D eigenvalue weighted by Gasteiger charge is 2.37. The van der Waals surface area contributed by atoms with Crippen LogP contribution < -0.4 is 14.8 Å². The van der Waals surface area contributed by atoms with Gasteiger partial charge in [0, 0.05) is 12.0 Å². The number of nitrogens with one attached hydrogen (secondary N) is 1. The quantitative estimate of drug-likeness (QED) is 0.629. The molecule has 0 aliphatic carbocycles. The summed E-state index contributed by atoms with van der Waals surface area (Å²) >= 11 is 0. The predicted octanol–water partition coefficient (Wildman–Crippen LogP) is 3.90. The Hall–Kier alpha value is -3.61. The number of para-hydroxylation sites is 1. The summed E-state index contributed by atoms with van der Waals surface area (Å²) in [7, 11) is 1.60. The fraction of sp³-hybridized carbons (Fsp3) is 0.261. The Morgan fingerprint density at radius 3 is 2.63 bits per heavy atom. The van der Waals surface area contributed by atoms with Crippen molar-refractivity contribution in [2.45, 2.75) is 26.2 Å². The zero-order valence-corrected chi connectivity index (χ0v) is 17.1. The highest BCUT2D eigenvalue weighted by Crippen LogP contribution is 2.39. The first kappa shape index (κ1) is 19.7. The maximum Gasteiger partial charge on any atom is 0.226 e. The Balaban J connectivity index is 1.78. The van der Waals surface area contributed by atoms with Crippen LogP contribution in [-0.4, -0.2) is 35.2 Å². The van der Waals surface area contributed by atoms with Crippen LogP contribution in [0, 0.1) is 6.92 Å². The summed E-state index contributed by atoms with van der Waals surface area (Å²) in [5.74, 6) is 0.791. The van der Waals surface area contributed by atoms with Crippen molar-refractivity contribution < 1.29 is 19.1 Å². The third kappa shape index (κ3) is 3.43. The van der Waals surface area contributed by atoms with E-state index >= 15 is 0 Å². The van der Waals surface area contributed by atoms with E-state index in [-0.39, 0.29) is 18.1 Å². The van der Waals surface area contributed by atoms with Gasteiger partial charge in [0.25, 0.3) is 0 Å². The van der Waals surface area contributed by atoms with Crippen LogP contribution in [-0.2, 0) is 4.79 Å². The Labute approximate surface area is 174 Å². The van der Waals surface area contributed by atoms with Gasteiger partial charge < -0.3 is 14.8 Å². The number of Topliss-reactive ketones (excluding diaryl/α,β-unsaturated/α-hetero) is 1. The molecule has 1 unspecified atom stereocenters. The van der Waals surface area contributed by atoms with E-state index < -0.39 is 5.92 Å². The van der Waals surface area contributed by atoms with Gasteiger partial charge in [0.05, 0.1) is 36.6 Å². The zero-order chi connectivity index (χ0) is 21.3. The van der Waals surface area contributed by atoms with Gasteiger partial charge in [0.2, 0.25) is 5.91 Å². The van der Waals surface area contributed by atoms with E-state index in [0.717, 1.165) is 17.0 Å². The molecule has 154 valence electrons. The Morgan fingerprint density at radius 1 is 1.20 bits per heavy atom. The molecule has 0 radical (unpaired) electrons. The molecule has 0 spiro atoms. The topological polar surface area (TPSA) is 82.5 Å².